The number of esters is 1. The van der Waals surface area contributed by atoms with Crippen LogP contribution in [0.5, 0.6) is 0 Å². The van der Waals surface area contributed by atoms with Gasteiger partial charge in [0.25, 0.3) is 0 Å². The van der Waals surface area contributed by atoms with Gasteiger partial charge in [0.2, 0.25) is 0 Å². The zero-order chi connectivity index (χ0) is 13.4. The molecule has 94 valence electrons. The van der Waals surface area contributed by atoms with Gasteiger partial charge >= 0.3 is 12.0 Å². The second-order valence-electron chi connectivity index (χ2n) is 3.47. The number of benzene rings is 1. The summed E-state index contributed by atoms with van der Waals surface area (Å²) in [6.45, 7) is 0.551. The summed E-state index contributed by atoms with van der Waals surface area (Å²) >= 11 is 0. The van der Waals surface area contributed by atoms with Crippen LogP contribution in [-0.2, 0) is 4.74 Å². The van der Waals surface area contributed by atoms with Crippen LogP contribution >= 0.6 is 0 Å². The molecule has 1 aromatic rings. The first-order valence-electron chi connectivity index (χ1n) is 5.34. The van der Waals surface area contributed by atoms with Gasteiger partial charge in [-0.25, -0.2) is 9.59 Å². The Morgan fingerprint density at radius 2 is 2.00 bits per heavy atom. The average Bonchev–Trinajstić information content (AvgIpc) is 2.38. The Hall–Kier alpha value is -2.55. The minimum atomic E-state index is -0.603. The highest BCUT2D eigenvalue weighted by Gasteiger charge is 2.06. The molecular formula is C12H13N3O3. The van der Waals surface area contributed by atoms with Crippen molar-refractivity contribution in [1.82, 2.24) is 5.32 Å². The maximum atomic E-state index is 11.5. The van der Waals surface area contributed by atoms with Crippen LogP contribution in [0.25, 0.3) is 0 Å². The number of carbonyl (C=O) groups is 2. The monoisotopic (exact) mass is 247 g/mol. The van der Waals surface area contributed by atoms with E-state index < -0.39 is 12.0 Å². The molecule has 6 nitrogen and oxygen atoms in total. The molecule has 0 aliphatic carbocycles. The average molecular weight is 247 g/mol. The fourth-order valence-electron chi connectivity index (χ4n) is 1.21. The predicted octanol–water partition coefficient (Wildman–Crippen LogP) is 0.773. The van der Waals surface area contributed by atoms with E-state index in [1.54, 1.807) is 12.1 Å². The summed E-state index contributed by atoms with van der Waals surface area (Å²) in [6, 6.07) is 7.51. The number of amides is 2. The van der Waals surface area contributed by atoms with Crippen LogP contribution in [0.15, 0.2) is 24.3 Å². The molecule has 1 rings (SSSR count). The summed E-state index contributed by atoms with van der Waals surface area (Å²) in [5.74, 6) is -0.460. The van der Waals surface area contributed by atoms with Crippen molar-refractivity contribution in [2.24, 2.45) is 5.73 Å². The molecule has 0 unspecified atom stereocenters. The molecule has 18 heavy (non-hydrogen) atoms. The number of primary amides is 1. The summed E-state index contributed by atoms with van der Waals surface area (Å²) < 4.78 is 4.97. The number of urea groups is 1. The molecule has 0 aromatic heterocycles. The Morgan fingerprint density at radius 1 is 1.33 bits per heavy atom. The highest BCUT2D eigenvalue weighted by Crippen LogP contribution is 2.05. The van der Waals surface area contributed by atoms with Gasteiger partial charge in [0, 0.05) is 6.54 Å². The molecule has 0 spiro atoms. The van der Waals surface area contributed by atoms with Crippen LogP contribution in [0.1, 0.15) is 22.3 Å². The number of carbonyl (C=O) groups excluding carboxylic acids is 2. The molecule has 0 aliphatic rings. The molecule has 0 radical (unpaired) electrons. The zero-order valence-corrected chi connectivity index (χ0v) is 9.68. The zero-order valence-electron chi connectivity index (χ0n) is 9.68. The van der Waals surface area contributed by atoms with Crippen molar-refractivity contribution in [1.29, 1.82) is 5.26 Å². The number of hydrogen-bond donors (Lipinski definition) is 2. The SMILES string of the molecule is N#Cc1ccc(C(=O)OCCCNC(N)=O)cc1. The standard InChI is InChI=1S/C12H13N3O3/c13-8-9-2-4-10(5-3-9)11(16)18-7-1-6-15-12(14)17/h2-5H,1,6-7H2,(H3,14,15,17). The highest BCUT2D eigenvalue weighted by atomic mass is 16.5. The molecule has 6 heteroatoms. The van der Waals surface area contributed by atoms with Crippen LogP contribution in [0.2, 0.25) is 0 Å². The van der Waals surface area contributed by atoms with Crippen molar-refractivity contribution < 1.29 is 14.3 Å². The van der Waals surface area contributed by atoms with Gasteiger partial charge in [-0.15, -0.1) is 0 Å². The van der Waals surface area contributed by atoms with E-state index in [9.17, 15) is 9.59 Å². The van der Waals surface area contributed by atoms with Crippen molar-refractivity contribution in [3.05, 3.63) is 35.4 Å². The molecule has 0 saturated heterocycles. The fraction of sp³-hybridized carbons (Fsp3) is 0.250. The summed E-state index contributed by atoms with van der Waals surface area (Å²) in [6.07, 6.45) is 0.491. The predicted molar refractivity (Wildman–Crippen MR) is 63.6 cm³/mol. The molecule has 0 fully saturated rings. The Kier molecular flexibility index (Phi) is 5.19. The van der Waals surface area contributed by atoms with E-state index in [2.05, 4.69) is 5.32 Å². The van der Waals surface area contributed by atoms with E-state index in [1.165, 1.54) is 12.1 Å². The lowest BCUT2D eigenvalue weighted by molar-refractivity contribution is 0.0501. The van der Waals surface area contributed by atoms with Crippen LogP contribution in [0, 0.1) is 11.3 Å². The van der Waals surface area contributed by atoms with E-state index in [-0.39, 0.29) is 6.61 Å². The van der Waals surface area contributed by atoms with Crippen LogP contribution in [-0.4, -0.2) is 25.2 Å². The third-order valence-electron chi connectivity index (χ3n) is 2.10. The van der Waals surface area contributed by atoms with Gasteiger partial charge in [0.05, 0.1) is 23.8 Å². The van der Waals surface area contributed by atoms with E-state index in [0.29, 0.717) is 24.1 Å². The van der Waals surface area contributed by atoms with E-state index in [1.807, 2.05) is 6.07 Å². The van der Waals surface area contributed by atoms with E-state index >= 15 is 0 Å². The lowest BCUT2D eigenvalue weighted by Crippen LogP contribution is -2.30. The Bertz CT molecular complexity index is 462. The molecule has 1 aromatic carbocycles. The Morgan fingerprint density at radius 3 is 2.56 bits per heavy atom. The van der Waals surface area contributed by atoms with Gasteiger partial charge in [0.1, 0.15) is 0 Å². The first-order valence-corrected chi connectivity index (χ1v) is 5.34. The second kappa shape index (κ2) is 6.91. The molecule has 0 atom stereocenters. The fourth-order valence-corrected chi connectivity index (χ4v) is 1.21. The summed E-state index contributed by atoms with van der Waals surface area (Å²) in [5, 5.41) is 11.0. The van der Waals surface area contributed by atoms with Gasteiger partial charge < -0.3 is 15.8 Å². The molecule has 0 saturated carbocycles. The number of nitriles is 1. The number of nitrogens with zero attached hydrogens (tertiary/aromatic N) is 1. The van der Waals surface area contributed by atoms with E-state index in [0.717, 1.165) is 0 Å². The van der Waals surface area contributed by atoms with Crippen molar-refractivity contribution in [3.8, 4) is 6.07 Å². The maximum Gasteiger partial charge on any atom is 0.338 e. The Labute approximate surface area is 104 Å². The summed E-state index contributed by atoms with van der Waals surface area (Å²) in [4.78, 5) is 21.9. The third kappa shape index (κ3) is 4.53. The largest absolute Gasteiger partial charge is 0.462 e. The van der Waals surface area contributed by atoms with E-state index in [4.69, 9.17) is 15.7 Å². The minimum absolute atomic E-state index is 0.194. The first-order chi connectivity index (χ1) is 8.63. The van der Waals surface area contributed by atoms with Crippen LogP contribution < -0.4 is 11.1 Å². The summed E-state index contributed by atoms with van der Waals surface area (Å²) in [7, 11) is 0. The molecule has 0 heterocycles. The smallest absolute Gasteiger partial charge is 0.338 e. The maximum absolute atomic E-state index is 11.5. The number of rotatable bonds is 5. The van der Waals surface area contributed by atoms with Gasteiger partial charge in [-0.1, -0.05) is 0 Å². The minimum Gasteiger partial charge on any atom is -0.462 e. The normalized spacial score (nSPS) is 9.28. The highest BCUT2D eigenvalue weighted by molar-refractivity contribution is 5.89. The van der Waals surface area contributed by atoms with Crippen molar-refractivity contribution >= 4 is 12.0 Å². The van der Waals surface area contributed by atoms with Gasteiger partial charge in [-0.3, -0.25) is 0 Å². The topological polar surface area (TPSA) is 105 Å². The number of hydrogen-bond acceptors (Lipinski definition) is 4. The molecule has 0 bridgehead atoms. The van der Waals surface area contributed by atoms with Crippen molar-refractivity contribution in [2.45, 2.75) is 6.42 Å². The van der Waals surface area contributed by atoms with Crippen LogP contribution in [0.4, 0.5) is 4.79 Å². The van der Waals surface area contributed by atoms with Gasteiger partial charge in [-0.05, 0) is 30.7 Å². The van der Waals surface area contributed by atoms with Gasteiger partial charge in [0.15, 0.2) is 0 Å². The number of nitrogens with two attached hydrogens (primary N) is 1. The molecule has 3 N–H and O–H groups in total. The lowest BCUT2D eigenvalue weighted by atomic mass is 10.1. The Balaban J connectivity index is 2.32. The molecule has 0 aliphatic heterocycles. The van der Waals surface area contributed by atoms with Crippen molar-refractivity contribution in [3.63, 3.8) is 0 Å². The lowest BCUT2D eigenvalue weighted by Gasteiger charge is -2.05. The van der Waals surface area contributed by atoms with Crippen molar-refractivity contribution in [2.75, 3.05) is 13.2 Å². The second-order valence-corrected chi connectivity index (χ2v) is 3.47. The van der Waals surface area contributed by atoms with Crippen LogP contribution in [0.3, 0.4) is 0 Å². The summed E-state index contributed by atoms with van der Waals surface area (Å²) in [5.41, 5.74) is 5.74. The van der Waals surface area contributed by atoms with Gasteiger partial charge in [-0.2, -0.15) is 5.26 Å². The molecular weight excluding hydrogens is 234 g/mol. The number of ether oxygens (including phenoxy) is 1. The first kappa shape index (κ1) is 13.5. The quantitative estimate of drug-likeness (QED) is 0.592. The third-order valence-corrected chi connectivity index (χ3v) is 2.10. The number of nitrogens with one attached hydrogen (secondary N) is 1. The molecule has 2 amide bonds.